The molecule has 0 aliphatic carbocycles. The van der Waals surface area contributed by atoms with Crippen molar-refractivity contribution in [1.82, 2.24) is 0 Å². The van der Waals surface area contributed by atoms with E-state index in [4.69, 9.17) is 13.9 Å². The molecular formula is C15H12O8. The minimum Gasteiger partial charge on any atom is -0.504 e. The second-order valence-corrected chi connectivity index (χ2v) is 4.95. The molecule has 0 radical (unpaired) electrons. The number of methoxy groups -OCH3 is 1. The lowest BCUT2D eigenvalue weighted by Crippen LogP contribution is -2.23. The predicted molar refractivity (Wildman–Crippen MR) is 77.3 cm³/mol. The number of rotatable bonds is 2. The van der Waals surface area contributed by atoms with Crippen LogP contribution in [0.3, 0.4) is 0 Å². The van der Waals surface area contributed by atoms with Gasteiger partial charge in [0.1, 0.15) is 28.2 Å². The molecular weight excluding hydrogens is 308 g/mol. The number of phenols is 2. The molecule has 1 aromatic heterocycles. The van der Waals surface area contributed by atoms with Crippen molar-refractivity contribution in [2.24, 2.45) is 0 Å². The number of ether oxygens (including phenoxy) is 2. The molecule has 1 aliphatic heterocycles. The number of hydrogen-bond donors (Lipinski definition) is 3. The van der Waals surface area contributed by atoms with E-state index >= 15 is 0 Å². The summed E-state index contributed by atoms with van der Waals surface area (Å²) in [6.07, 6.45) is 0.393. The highest BCUT2D eigenvalue weighted by Gasteiger charge is 2.31. The summed E-state index contributed by atoms with van der Waals surface area (Å²) in [5.74, 6) is -2.61. The lowest BCUT2D eigenvalue weighted by atomic mass is 10.0. The summed E-state index contributed by atoms with van der Waals surface area (Å²) in [6, 6.07) is 0.985. The number of hydrogen-bond acceptors (Lipinski definition) is 7. The fraction of sp³-hybridized carbons (Fsp3) is 0.200. The zero-order chi connectivity index (χ0) is 16.9. The molecule has 0 saturated heterocycles. The van der Waals surface area contributed by atoms with Crippen molar-refractivity contribution >= 4 is 23.0 Å². The Morgan fingerprint density at radius 2 is 2.04 bits per heavy atom. The highest BCUT2D eigenvalue weighted by atomic mass is 16.7. The molecule has 2 aromatic rings. The van der Waals surface area contributed by atoms with Gasteiger partial charge in [0.15, 0.2) is 11.5 Å². The number of aromatic carboxylic acids is 1. The van der Waals surface area contributed by atoms with Crippen molar-refractivity contribution in [1.29, 1.82) is 0 Å². The lowest BCUT2D eigenvalue weighted by molar-refractivity contribution is -0.100. The maximum absolute atomic E-state index is 12.7. The number of phenolic OH excluding ortho intramolecular Hbond substituents is 1. The number of allylic oxidation sites excluding steroid dienone is 1. The molecule has 1 unspecified atom stereocenters. The third-order valence-electron chi connectivity index (χ3n) is 3.49. The van der Waals surface area contributed by atoms with Crippen molar-refractivity contribution in [3.05, 3.63) is 38.9 Å². The topological polar surface area (TPSA) is 126 Å². The van der Waals surface area contributed by atoms with Gasteiger partial charge < -0.3 is 29.2 Å². The second-order valence-electron chi connectivity index (χ2n) is 4.95. The van der Waals surface area contributed by atoms with Crippen molar-refractivity contribution < 1.29 is 34.0 Å². The minimum atomic E-state index is -1.58. The summed E-state index contributed by atoms with van der Waals surface area (Å²) in [5, 5.41) is 28.3. The average molecular weight is 320 g/mol. The van der Waals surface area contributed by atoms with Gasteiger partial charge in [-0.1, -0.05) is 0 Å². The number of carbonyl (C=O) groups is 1. The van der Waals surface area contributed by atoms with E-state index in [0.717, 1.165) is 6.07 Å². The number of fused-ring (bicyclic) bond motifs is 2. The molecule has 0 amide bonds. The summed E-state index contributed by atoms with van der Waals surface area (Å²) in [6.45, 7) is 1.64. The third-order valence-corrected chi connectivity index (χ3v) is 3.49. The van der Waals surface area contributed by atoms with E-state index in [1.807, 2.05) is 0 Å². The van der Waals surface area contributed by atoms with Crippen LogP contribution in [-0.4, -0.2) is 28.4 Å². The molecule has 1 aliphatic rings. The second kappa shape index (κ2) is 5.03. The average Bonchev–Trinajstić information content (AvgIpc) is 2.47. The Morgan fingerprint density at radius 1 is 1.35 bits per heavy atom. The zero-order valence-electron chi connectivity index (χ0n) is 12.1. The van der Waals surface area contributed by atoms with Gasteiger partial charge in [0.2, 0.25) is 11.7 Å². The van der Waals surface area contributed by atoms with Crippen LogP contribution in [0.25, 0.3) is 17.0 Å². The van der Waals surface area contributed by atoms with Crippen molar-refractivity contribution in [3.8, 4) is 11.5 Å². The molecule has 23 heavy (non-hydrogen) atoms. The first-order valence-corrected chi connectivity index (χ1v) is 6.51. The van der Waals surface area contributed by atoms with Crippen molar-refractivity contribution in [2.75, 3.05) is 7.11 Å². The number of carboxylic acids is 1. The number of aromatic hydroxyl groups is 2. The van der Waals surface area contributed by atoms with Gasteiger partial charge in [-0.3, -0.25) is 4.79 Å². The van der Waals surface area contributed by atoms with E-state index in [1.54, 1.807) is 6.92 Å². The van der Waals surface area contributed by atoms with Crippen LogP contribution in [0.15, 0.2) is 21.0 Å². The first-order chi connectivity index (χ1) is 10.8. The van der Waals surface area contributed by atoms with Crippen LogP contribution in [0, 0.1) is 0 Å². The van der Waals surface area contributed by atoms with Gasteiger partial charge in [-0.25, -0.2) is 4.79 Å². The monoisotopic (exact) mass is 320 g/mol. The highest BCUT2D eigenvalue weighted by Crippen LogP contribution is 2.38. The molecule has 3 N–H and O–H groups in total. The van der Waals surface area contributed by atoms with Gasteiger partial charge in [0.05, 0.1) is 5.39 Å². The van der Waals surface area contributed by atoms with Crippen LogP contribution in [-0.2, 0) is 9.47 Å². The summed E-state index contributed by atoms with van der Waals surface area (Å²) in [7, 11) is 1.32. The maximum Gasteiger partial charge on any atom is 0.340 e. The van der Waals surface area contributed by atoms with Crippen molar-refractivity contribution in [3.63, 3.8) is 0 Å². The van der Waals surface area contributed by atoms with Crippen LogP contribution in [0.1, 0.15) is 34.9 Å². The predicted octanol–water partition coefficient (Wildman–Crippen LogP) is 1.94. The molecule has 0 fully saturated rings. The van der Waals surface area contributed by atoms with E-state index in [0.29, 0.717) is 5.76 Å². The molecule has 8 heteroatoms. The Morgan fingerprint density at radius 3 is 2.65 bits per heavy atom. The molecule has 1 atom stereocenters. The van der Waals surface area contributed by atoms with E-state index < -0.39 is 34.8 Å². The minimum absolute atomic E-state index is 0.0156. The molecule has 2 heterocycles. The summed E-state index contributed by atoms with van der Waals surface area (Å²) in [5.41, 5.74) is -1.64. The first-order valence-electron chi connectivity index (χ1n) is 6.51. The van der Waals surface area contributed by atoms with E-state index in [-0.39, 0.29) is 22.3 Å². The maximum atomic E-state index is 12.7. The summed E-state index contributed by atoms with van der Waals surface area (Å²) in [4.78, 5) is 24.1. The zero-order valence-corrected chi connectivity index (χ0v) is 12.1. The molecule has 8 nitrogen and oxygen atoms in total. The van der Waals surface area contributed by atoms with Crippen LogP contribution >= 0.6 is 0 Å². The molecule has 120 valence electrons. The quantitative estimate of drug-likeness (QED) is 0.716. The normalized spacial score (nSPS) is 16.6. The van der Waals surface area contributed by atoms with E-state index in [2.05, 4.69) is 0 Å². The van der Waals surface area contributed by atoms with Crippen molar-refractivity contribution in [2.45, 2.75) is 13.2 Å². The van der Waals surface area contributed by atoms with Gasteiger partial charge in [-0.05, 0) is 6.92 Å². The van der Waals surface area contributed by atoms with Crippen LogP contribution in [0.2, 0.25) is 0 Å². The fourth-order valence-electron chi connectivity index (χ4n) is 2.51. The van der Waals surface area contributed by atoms with Gasteiger partial charge in [-0.15, -0.1) is 0 Å². The smallest absolute Gasteiger partial charge is 0.340 e. The molecule has 0 bridgehead atoms. The Balaban J connectivity index is 2.51. The van der Waals surface area contributed by atoms with Gasteiger partial charge >= 0.3 is 5.97 Å². The van der Waals surface area contributed by atoms with Gasteiger partial charge in [-0.2, -0.15) is 0 Å². The van der Waals surface area contributed by atoms with Gasteiger partial charge in [0.25, 0.3) is 0 Å². The third kappa shape index (κ3) is 2.11. The largest absolute Gasteiger partial charge is 0.504 e. The van der Waals surface area contributed by atoms with Crippen LogP contribution in [0.4, 0.5) is 0 Å². The Kier molecular flexibility index (Phi) is 3.26. The first kappa shape index (κ1) is 14.9. The van der Waals surface area contributed by atoms with Gasteiger partial charge in [0, 0.05) is 19.3 Å². The Labute approximate surface area is 128 Å². The molecule has 1 aromatic carbocycles. The summed E-state index contributed by atoms with van der Waals surface area (Å²) >= 11 is 0. The number of carboxylic acid groups (broad SMARTS) is 1. The Hall–Kier alpha value is -3.00. The van der Waals surface area contributed by atoms with Crippen LogP contribution < -0.4 is 5.43 Å². The molecule has 0 saturated carbocycles. The van der Waals surface area contributed by atoms with E-state index in [1.165, 1.54) is 13.2 Å². The molecule has 0 spiro atoms. The standard InChI is InChI=1S/C15H12O8/c1-5-3-7-10(15(21-2)22-5)13(18)9-8(23-7)4-6(16)12(17)11(9)14(19)20/h3-4,15-17H,1-2H3,(H,19,20). The fourth-order valence-corrected chi connectivity index (χ4v) is 2.51. The summed E-state index contributed by atoms with van der Waals surface area (Å²) < 4.78 is 16.0. The number of benzene rings is 1. The molecule has 3 rings (SSSR count). The Bertz CT molecular complexity index is 921. The highest BCUT2D eigenvalue weighted by molar-refractivity contribution is 6.06. The lowest BCUT2D eigenvalue weighted by Gasteiger charge is -2.23. The SMILES string of the molecule is COC1OC(C)=Cc2oc3cc(O)c(O)c(C(=O)O)c3c(=O)c21. The van der Waals surface area contributed by atoms with E-state index in [9.17, 15) is 24.9 Å². The van der Waals surface area contributed by atoms with Crippen LogP contribution in [0.5, 0.6) is 11.5 Å².